The van der Waals surface area contributed by atoms with Gasteiger partial charge in [0.05, 0.1) is 0 Å². The van der Waals surface area contributed by atoms with Crippen molar-refractivity contribution in [3.8, 4) is 0 Å². The van der Waals surface area contributed by atoms with Crippen LogP contribution in [-0.4, -0.2) is 36.6 Å². The maximum Gasteiger partial charge on any atom is 0.0252 e. The number of hydrogen-bond acceptors (Lipinski definition) is 2. The topological polar surface area (TPSA) is 15.3 Å². The van der Waals surface area contributed by atoms with Crippen LogP contribution in [0.15, 0.2) is 0 Å². The van der Waals surface area contributed by atoms with Crippen molar-refractivity contribution in [2.45, 2.75) is 84.7 Å². The van der Waals surface area contributed by atoms with Crippen molar-refractivity contribution in [2.24, 2.45) is 11.3 Å². The lowest BCUT2D eigenvalue weighted by atomic mass is 9.69. The highest BCUT2D eigenvalue weighted by molar-refractivity contribution is 4.94. The smallest absolute Gasteiger partial charge is 0.0252 e. The third-order valence-electron chi connectivity index (χ3n) is 5.62. The quantitative estimate of drug-likeness (QED) is 0.839. The SMILES string of the molecule is CCNC1CCC(C(C)(C)C)CC1N1CCCCCC1. The molecule has 0 amide bonds. The van der Waals surface area contributed by atoms with Crippen molar-refractivity contribution in [3.05, 3.63) is 0 Å². The number of likely N-dealkylation sites (tertiary alicyclic amines) is 1. The molecule has 2 fully saturated rings. The highest BCUT2D eigenvalue weighted by Crippen LogP contribution is 2.39. The lowest BCUT2D eigenvalue weighted by Gasteiger charge is -2.46. The molecule has 3 atom stereocenters. The van der Waals surface area contributed by atoms with Gasteiger partial charge in [-0.15, -0.1) is 0 Å². The van der Waals surface area contributed by atoms with Crippen LogP contribution in [0.1, 0.15) is 72.6 Å². The third-order valence-corrected chi connectivity index (χ3v) is 5.62. The van der Waals surface area contributed by atoms with E-state index in [1.165, 1.54) is 58.0 Å². The Bertz CT molecular complexity index is 274. The van der Waals surface area contributed by atoms with E-state index in [9.17, 15) is 0 Å². The Balaban J connectivity index is 2.05. The van der Waals surface area contributed by atoms with Crippen LogP contribution >= 0.6 is 0 Å². The average molecular weight is 280 g/mol. The molecule has 1 saturated heterocycles. The number of hydrogen-bond donors (Lipinski definition) is 1. The standard InChI is InChI=1S/C18H36N2/c1-5-19-16-11-10-15(18(2,3)4)14-17(16)20-12-8-6-7-9-13-20/h15-17,19H,5-14H2,1-4H3. The summed E-state index contributed by atoms with van der Waals surface area (Å²) < 4.78 is 0. The molecule has 0 aromatic rings. The molecule has 1 heterocycles. The molecule has 0 spiro atoms. The Morgan fingerprint density at radius 3 is 2.20 bits per heavy atom. The van der Waals surface area contributed by atoms with Crippen LogP contribution in [0.3, 0.4) is 0 Å². The van der Waals surface area contributed by atoms with Crippen LogP contribution in [0, 0.1) is 11.3 Å². The van der Waals surface area contributed by atoms with Crippen molar-refractivity contribution >= 4 is 0 Å². The molecule has 1 saturated carbocycles. The molecule has 0 aromatic carbocycles. The molecule has 1 N–H and O–H groups in total. The zero-order valence-corrected chi connectivity index (χ0v) is 14.3. The van der Waals surface area contributed by atoms with Crippen LogP contribution in [0.2, 0.25) is 0 Å². The number of rotatable bonds is 3. The average Bonchev–Trinajstić information content (AvgIpc) is 2.67. The predicted octanol–water partition coefficient (Wildman–Crippen LogP) is 4.06. The minimum Gasteiger partial charge on any atom is -0.313 e. The van der Waals surface area contributed by atoms with Crippen LogP contribution in [-0.2, 0) is 0 Å². The molecular weight excluding hydrogens is 244 g/mol. The maximum absolute atomic E-state index is 3.78. The Hall–Kier alpha value is -0.0800. The summed E-state index contributed by atoms with van der Waals surface area (Å²) in [5.74, 6) is 0.894. The zero-order valence-electron chi connectivity index (χ0n) is 14.3. The second-order valence-corrected chi connectivity index (χ2v) is 8.06. The first kappa shape index (κ1) is 16.3. The summed E-state index contributed by atoms with van der Waals surface area (Å²) in [5, 5.41) is 3.78. The van der Waals surface area contributed by atoms with Crippen LogP contribution in [0.25, 0.3) is 0 Å². The summed E-state index contributed by atoms with van der Waals surface area (Å²) in [5.41, 5.74) is 0.473. The van der Waals surface area contributed by atoms with Gasteiger partial charge < -0.3 is 5.32 Å². The Labute approximate surface area is 126 Å². The van der Waals surface area contributed by atoms with Gasteiger partial charge in [0.1, 0.15) is 0 Å². The zero-order chi connectivity index (χ0) is 14.6. The Morgan fingerprint density at radius 2 is 1.65 bits per heavy atom. The lowest BCUT2D eigenvalue weighted by Crippen LogP contribution is -2.54. The van der Waals surface area contributed by atoms with Crippen LogP contribution in [0.4, 0.5) is 0 Å². The van der Waals surface area contributed by atoms with E-state index in [4.69, 9.17) is 0 Å². The molecule has 0 aromatic heterocycles. The summed E-state index contributed by atoms with van der Waals surface area (Å²) in [4.78, 5) is 2.83. The third kappa shape index (κ3) is 4.21. The second-order valence-electron chi connectivity index (χ2n) is 8.06. The second kappa shape index (κ2) is 7.26. The highest BCUT2D eigenvalue weighted by atomic mass is 15.2. The van der Waals surface area contributed by atoms with Gasteiger partial charge in [0, 0.05) is 12.1 Å². The summed E-state index contributed by atoms with van der Waals surface area (Å²) >= 11 is 0. The molecule has 2 aliphatic rings. The molecular formula is C18H36N2. The minimum atomic E-state index is 0.473. The molecule has 1 aliphatic heterocycles. The fourth-order valence-corrected chi connectivity index (χ4v) is 4.26. The largest absolute Gasteiger partial charge is 0.313 e. The minimum absolute atomic E-state index is 0.473. The van der Waals surface area contributed by atoms with Crippen molar-refractivity contribution in [1.29, 1.82) is 0 Å². The number of nitrogens with zero attached hydrogens (tertiary/aromatic N) is 1. The molecule has 2 nitrogen and oxygen atoms in total. The predicted molar refractivity (Wildman–Crippen MR) is 88.1 cm³/mol. The van der Waals surface area contributed by atoms with Gasteiger partial charge in [-0.05, 0) is 63.1 Å². The van der Waals surface area contributed by atoms with E-state index in [0.717, 1.165) is 24.5 Å². The number of nitrogens with one attached hydrogen (secondary N) is 1. The van der Waals surface area contributed by atoms with E-state index in [1.807, 2.05) is 0 Å². The summed E-state index contributed by atoms with van der Waals surface area (Å²) in [6.45, 7) is 13.4. The fourth-order valence-electron chi connectivity index (χ4n) is 4.26. The van der Waals surface area contributed by atoms with Crippen molar-refractivity contribution in [2.75, 3.05) is 19.6 Å². The van der Waals surface area contributed by atoms with Gasteiger partial charge in [0.25, 0.3) is 0 Å². The highest BCUT2D eigenvalue weighted by Gasteiger charge is 2.38. The summed E-state index contributed by atoms with van der Waals surface area (Å²) in [6, 6.07) is 1.52. The van der Waals surface area contributed by atoms with Crippen molar-refractivity contribution in [1.82, 2.24) is 10.2 Å². The molecule has 0 bridgehead atoms. The first-order chi connectivity index (χ1) is 9.52. The van der Waals surface area contributed by atoms with Gasteiger partial charge in [-0.1, -0.05) is 40.5 Å². The maximum atomic E-state index is 3.78. The van der Waals surface area contributed by atoms with E-state index in [2.05, 4.69) is 37.9 Å². The van der Waals surface area contributed by atoms with E-state index in [1.54, 1.807) is 0 Å². The first-order valence-electron chi connectivity index (χ1n) is 8.99. The van der Waals surface area contributed by atoms with Crippen LogP contribution < -0.4 is 5.32 Å². The molecule has 2 heteroatoms. The first-order valence-corrected chi connectivity index (χ1v) is 8.99. The van der Waals surface area contributed by atoms with Gasteiger partial charge in [0.15, 0.2) is 0 Å². The van der Waals surface area contributed by atoms with Gasteiger partial charge in [-0.2, -0.15) is 0 Å². The molecule has 1 aliphatic carbocycles. The van der Waals surface area contributed by atoms with Gasteiger partial charge >= 0.3 is 0 Å². The van der Waals surface area contributed by atoms with Crippen LogP contribution in [0.5, 0.6) is 0 Å². The Morgan fingerprint density at radius 1 is 1.00 bits per heavy atom. The van der Waals surface area contributed by atoms with E-state index < -0.39 is 0 Å². The van der Waals surface area contributed by atoms with E-state index in [0.29, 0.717) is 5.41 Å². The van der Waals surface area contributed by atoms with E-state index in [-0.39, 0.29) is 0 Å². The monoisotopic (exact) mass is 280 g/mol. The Kier molecular flexibility index (Phi) is 5.92. The molecule has 2 rings (SSSR count). The molecule has 3 unspecified atom stereocenters. The van der Waals surface area contributed by atoms with E-state index >= 15 is 0 Å². The molecule has 20 heavy (non-hydrogen) atoms. The fraction of sp³-hybridized carbons (Fsp3) is 1.00. The summed E-state index contributed by atoms with van der Waals surface area (Å²) in [7, 11) is 0. The molecule has 0 radical (unpaired) electrons. The molecule has 118 valence electrons. The van der Waals surface area contributed by atoms with Gasteiger partial charge in [0.2, 0.25) is 0 Å². The lowest BCUT2D eigenvalue weighted by molar-refractivity contribution is 0.0604. The van der Waals surface area contributed by atoms with Crippen molar-refractivity contribution in [3.63, 3.8) is 0 Å². The normalized spacial score (nSPS) is 33.9. The number of likely N-dealkylation sites (N-methyl/N-ethyl adjacent to an activating group) is 1. The van der Waals surface area contributed by atoms with Gasteiger partial charge in [-0.3, -0.25) is 4.90 Å². The van der Waals surface area contributed by atoms with Crippen molar-refractivity contribution < 1.29 is 0 Å². The van der Waals surface area contributed by atoms with Gasteiger partial charge in [-0.25, -0.2) is 0 Å². The summed E-state index contributed by atoms with van der Waals surface area (Å²) in [6.07, 6.45) is 9.89.